The third kappa shape index (κ3) is 5.23. The molecule has 23 heavy (non-hydrogen) atoms. The quantitative estimate of drug-likeness (QED) is 0.835. The molecule has 1 heterocycles. The Morgan fingerprint density at radius 1 is 1.22 bits per heavy atom. The predicted molar refractivity (Wildman–Crippen MR) is 98.2 cm³/mol. The van der Waals surface area contributed by atoms with Crippen LogP contribution in [0.3, 0.4) is 0 Å². The molecular formula is C17H23ClN2O2S. The van der Waals surface area contributed by atoms with Gasteiger partial charge in [-0.15, -0.1) is 23.7 Å². The number of ether oxygens (including phenoxy) is 1. The highest BCUT2D eigenvalue weighted by atomic mass is 35.5. The summed E-state index contributed by atoms with van der Waals surface area (Å²) in [4.78, 5) is 14.2. The minimum absolute atomic E-state index is 0. The van der Waals surface area contributed by atoms with Crippen molar-refractivity contribution in [1.29, 1.82) is 0 Å². The molecule has 1 aromatic carbocycles. The summed E-state index contributed by atoms with van der Waals surface area (Å²) in [5, 5.41) is 2.93. The molecule has 2 unspecified atom stereocenters. The molecule has 1 amide bonds. The molecule has 0 saturated heterocycles. The van der Waals surface area contributed by atoms with E-state index in [1.165, 1.54) is 4.88 Å². The number of nitrogens with one attached hydrogen (secondary N) is 1. The SMILES string of the molecule is COc1ccc(-c2ccc(CNC(=O)C(C)C(C)N)s2)cc1.Cl. The Hall–Kier alpha value is -1.56. The molecule has 0 saturated carbocycles. The molecule has 3 N–H and O–H groups in total. The van der Waals surface area contributed by atoms with E-state index in [2.05, 4.69) is 11.4 Å². The minimum Gasteiger partial charge on any atom is -0.497 e. The Morgan fingerprint density at radius 3 is 2.43 bits per heavy atom. The first kappa shape index (κ1) is 19.5. The van der Waals surface area contributed by atoms with Crippen LogP contribution in [0.4, 0.5) is 0 Å². The molecule has 0 spiro atoms. The van der Waals surface area contributed by atoms with E-state index in [0.29, 0.717) is 6.54 Å². The summed E-state index contributed by atoms with van der Waals surface area (Å²) in [5.74, 6) is 0.660. The molecular weight excluding hydrogens is 332 g/mol. The summed E-state index contributed by atoms with van der Waals surface area (Å²) in [6, 6.07) is 11.9. The summed E-state index contributed by atoms with van der Waals surface area (Å²) in [6.07, 6.45) is 0. The lowest BCUT2D eigenvalue weighted by atomic mass is 10.0. The lowest BCUT2D eigenvalue weighted by Crippen LogP contribution is -2.38. The lowest BCUT2D eigenvalue weighted by Gasteiger charge is -2.14. The number of halogens is 1. The van der Waals surface area contributed by atoms with Gasteiger partial charge in [0.25, 0.3) is 0 Å². The monoisotopic (exact) mass is 354 g/mol. The van der Waals surface area contributed by atoms with Gasteiger partial charge in [-0.1, -0.05) is 6.92 Å². The molecule has 4 nitrogen and oxygen atoms in total. The number of amides is 1. The van der Waals surface area contributed by atoms with Crippen molar-refractivity contribution in [3.63, 3.8) is 0 Å². The molecule has 2 atom stereocenters. The highest BCUT2D eigenvalue weighted by Crippen LogP contribution is 2.29. The first-order valence-corrected chi connectivity index (χ1v) is 8.09. The Balaban J connectivity index is 0.00000264. The summed E-state index contributed by atoms with van der Waals surface area (Å²) >= 11 is 1.67. The zero-order valence-electron chi connectivity index (χ0n) is 13.5. The Kier molecular flexibility index (Phi) is 7.55. The summed E-state index contributed by atoms with van der Waals surface area (Å²) < 4.78 is 5.16. The summed E-state index contributed by atoms with van der Waals surface area (Å²) in [5.41, 5.74) is 6.89. The maximum absolute atomic E-state index is 11.9. The minimum atomic E-state index is -0.180. The molecule has 0 aliphatic rings. The van der Waals surface area contributed by atoms with Gasteiger partial charge in [-0.3, -0.25) is 4.79 Å². The second-order valence-electron chi connectivity index (χ2n) is 5.36. The van der Waals surface area contributed by atoms with Gasteiger partial charge >= 0.3 is 0 Å². The number of hydrogen-bond acceptors (Lipinski definition) is 4. The van der Waals surface area contributed by atoms with Gasteiger partial charge < -0.3 is 15.8 Å². The predicted octanol–water partition coefficient (Wildman–Crippen LogP) is 3.45. The van der Waals surface area contributed by atoms with Gasteiger partial charge in [0.15, 0.2) is 0 Å². The van der Waals surface area contributed by atoms with E-state index in [0.717, 1.165) is 16.2 Å². The molecule has 0 aliphatic heterocycles. The van der Waals surface area contributed by atoms with E-state index in [1.54, 1.807) is 18.4 Å². The van der Waals surface area contributed by atoms with Gasteiger partial charge in [-0.25, -0.2) is 0 Å². The normalized spacial score (nSPS) is 12.9. The summed E-state index contributed by atoms with van der Waals surface area (Å²) in [6.45, 7) is 4.23. The fraction of sp³-hybridized carbons (Fsp3) is 0.353. The average Bonchev–Trinajstić information content (AvgIpc) is 3.00. The van der Waals surface area contributed by atoms with Crippen LogP contribution in [-0.2, 0) is 11.3 Å². The zero-order valence-corrected chi connectivity index (χ0v) is 15.2. The average molecular weight is 355 g/mol. The van der Waals surface area contributed by atoms with Crippen LogP contribution in [0.1, 0.15) is 18.7 Å². The van der Waals surface area contributed by atoms with Crippen molar-refractivity contribution in [3.8, 4) is 16.2 Å². The van der Waals surface area contributed by atoms with Crippen molar-refractivity contribution in [2.24, 2.45) is 11.7 Å². The number of rotatable bonds is 6. The third-order valence-corrected chi connectivity index (χ3v) is 4.81. The number of benzene rings is 1. The molecule has 1 aromatic heterocycles. The Labute approximate surface area is 147 Å². The van der Waals surface area contributed by atoms with Gasteiger partial charge in [-0.05, 0) is 48.9 Å². The second kappa shape index (κ2) is 8.91. The fourth-order valence-electron chi connectivity index (χ4n) is 1.96. The fourth-order valence-corrected chi connectivity index (χ4v) is 2.91. The van der Waals surface area contributed by atoms with E-state index in [1.807, 2.05) is 44.2 Å². The standard InChI is InChI=1S/C17H22N2O2S.ClH/c1-11(12(2)18)17(20)19-10-15-8-9-16(22-15)13-4-6-14(21-3)7-5-13;/h4-9,11-12H,10,18H2,1-3H3,(H,19,20);1H. The molecule has 0 aliphatic carbocycles. The first-order chi connectivity index (χ1) is 10.5. The Bertz CT molecular complexity index is 626. The van der Waals surface area contributed by atoms with Crippen LogP contribution in [0.5, 0.6) is 5.75 Å². The second-order valence-corrected chi connectivity index (χ2v) is 6.53. The van der Waals surface area contributed by atoms with E-state index < -0.39 is 0 Å². The topological polar surface area (TPSA) is 64.3 Å². The van der Waals surface area contributed by atoms with Crippen molar-refractivity contribution >= 4 is 29.7 Å². The van der Waals surface area contributed by atoms with Crippen LogP contribution in [0.25, 0.3) is 10.4 Å². The van der Waals surface area contributed by atoms with Gasteiger partial charge in [0, 0.05) is 21.7 Å². The zero-order chi connectivity index (χ0) is 16.1. The molecule has 0 bridgehead atoms. The maximum atomic E-state index is 11.9. The van der Waals surface area contributed by atoms with Gasteiger partial charge in [0.05, 0.1) is 13.7 Å². The molecule has 0 radical (unpaired) electrons. The van der Waals surface area contributed by atoms with E-state index >= 15 is 0 Å². The van der Waals surface area contributed by atoms with Crippen LogP contribution < -0.4 is 15.8 Å². The van der Waals surface area contributed by atoms with Gasteiger partial charge in [-0.2, -0.15) is 0 Å². The largest absolute Gasteiger partial charge is 0.497 e. The first-order valence-electron chi connectivity index (χ1n) is 7.27. The van der Waals surface area contributed by atoms with Crippen molar-refractivity contribution in [2.75, 3.05) is 7.11 Å². The van der Waals surface area contributed by atoms with Crippen LogP contribution in [0.2, 0.25) is 0 Å². The van der Waals surface area contributed by atoms with Crippen LogP contribution in [0, 0.1) is 5.92 Å². The number of carbonyl (C=O) groups is 1. The third-order valence-electron chi connectivity index (χ3n) is 3.68. The van der Waals surface area contributed by atoms with Crippen molar-refractivity contribution < 1.29 is 9.53 Å². The highest BCUT2D eigenvalue weighted by molar-refractivity contribution is 7.15. The molecule has 2 aromatic rings. The molecule has 0 fully saturated rings. The lowest BCUT2D eigenvalue weighted by molar-refractivity contribution is -0.125. The number of hydrogen-bond donors (Lipinski definition) is 2. The Morgan fingerprint density at radius 2 is 1.87 bits per heavy atom. The summed E-state index contributed by atoms with van der Waals surface area (Å²) in [7, 11) is 1.66. The number of methoxy groups -OCH3 is 1. The van der Waals surface area contributed by atoms with Crippen LogP contribution in [0.15, 0.2) is 36.4 Å². The highest BCUT2D eigenvalue weighted by Gasteiger charge is 2.16. The van der Waals surface area contributed by atoms with Crippen LogP contribution in [-0.4, -0.2) is 19.1 Å². The van der Waals surface area contributed by atoms with E-state index in [4.69, 9.17) is 10.5 Å². The molecule has 126 valence electrons. The van der Waals surface area contributed by atoms with Gasteiger partial charge in [0.2, 0.25) is 5.91 Å². The van der Waals surface area contributed by atoms with Crippen molar-refractivity contribution in [1.82, 2.24) is 5.32 Å². The van der Waals surface area contributed by atoms with E-state index in [9.17, 15) is 4.79 Å². The number of carbonyl (C=O) groups excluding carboxylic acids is 1. The van der Waals surface area contributed by atoms with Crippen molar-refractivity contribution in [3.05, 3.63) is 41.3 Å². The van der Waals surface area contributed by atoms with Gasteiger partial charge in [0.1, 0.15) is 5.75 Å². The van der Waals surface area contributed by atoms with Crippen LogP contribution >= 0.6 is 23.7 Å². The number of thiophene rings is 1. The smallest absolute Gasteiger partial charge is 0.224 e. The molecule has 2 rings (SSSR count). The van der Waals surface area contributed by atoms with Crippen molar-refractivity contribution in [2.45, 2.75) is 26.4 Å². The number of nitrogens with two attached hydrogens (primary N) is 1. The maximum Gasteiger partial charge on any atom is 0.224 e. The van der Waals surface area contributed by atoms with E-state index in [-0.39, 0.29) is 30.3 Å². The molecule has 6 heteroatoms.